The zero-order chi connectivity index (χ0) is 19.6. The van der Waals surface area contributed by atoms with Crippen LogP contribution in [0.5, 0.6) is 11.5 Å². The number of carbonyl (C=O) groups excluding carboxylic acids is 1. The van der Waals surface area contributed by atoms with Crippen LogP contribution in [0.3, 0.4) is 0 Å². The highest BCUT2D eigenvalue weighted by Gasteiger charge is 2.09. The second-order valence-corrected chi connectivity index (χ2v) is 6.77. The summed E-state index contributed by atoms with van der Waals surface area (Å²) in [6.45, 7) is 1.13. The molecule has 0 amide bonds. The number of carbonyl (C=O) groups is 1. The summed E-state index contributed by atoms with van der Waals surface area (Å²) in [5, 5.41) is 0. The Morgan fingerprint density at radius 1 is 0.714 bits per heavy atom. The zero-order valence-electron chi connectivity index (χ0n) is 15.6. The summed E-state index contributed by atoms with van der Waals surface area (Å²) in [7, 11) is 0. The third-order valence-corrected chi connectivity index (χ3v) is 4.55. The highest BCUT2D eigenvalue weighted by molar-refractivity contribution is 6.17. The fourth-order valence-corrected chi connectivity index (χ4v) is 2.89. The van der Waals surface area contributed by atoms with Crippen LogP contribution in [0.15, 0.2) is 78.9 Å². The maximum Gasteiger partial charge on any atom is 0.193 e. The van der Waals surface area contributed by atoms with Crippen LogP contribution in [-0.2, 0) is 6.61 Å². The number of ketones is 1. The molecule has 0 aliphatic carbocycles. The number of alkyl halides is 1. The Kier molecular flexibility index (Phi) is 7.51. The van der Waals surface area contributed by atoms with Gasteiger partial charge < -0.3 is 9.47 Å². The van der Waals surface area contributed by atoms with Crippen LogP contribution in [0.2, 0.25) is 0 Å². The quantitative estimate of drug-likeness (QED) is 0.244. The molecular weight excluding hydrogens is 372 g/mol. The summed E-state index contributed by atoms with van der Waals surface area (Å²) in [5.41, 5.74) is 2.36. The fourth-order valence-electron chi connectivity index (χ4n) is 2.70. The minimum absolute atomic E-state index is 0.0247. The van der Waals surface area contributed by atoms with Gasteiger partial charge in [-0.2, -0.15) is 0 Å². The Hall–Kier alpha value is -2.78. The Bertz CT molecular complexity index is 859. The molecule has 3 aromatic carbocycles. The Labute approximate surface area is 170 Å². The predicted octanol–water partition coefficient (Wildman–Crippen LogP) is 5.89. The molecule has 0 aliphatic heterocycles. The summed E-state index contributed by atoms with van der Waals surface area (Å²) in [6.07, 6.45) is 1.85. The van der Waals surface area contributed by atoms with E-state index in [2.05, 4.69) is 0 Å². The van der Waals surface area contributed by atoms with Gasteiger partial charge in [-0.05, 0) is 66.9 Å². The van der Waals surface area contributed by atoms with Crippen LogP contribution >= 0.6 is 11.6 Å². The molecule has 0 unspecified atom stereocenters. The molecule has 3 rings (SSSR count). The summed E-state index contributed by atoms with van der Waals surface area (Å²) >= 11 is 5.65. The number of hydrogen-bond acceptors (Lipinski definition) is 3. The van der Waals surface area contributed by atoms with Gasteiger partial charge in [-0.3, -0.25) is 4.79 Å². The van der Waals surface area contributed by atoms with Gasteiger partial charge in [0.1, 0.15) is 18.1 Å². The van der Waals surface area contributed by atoms with Crippen molar-refractivity contribution in [2.45, 2.75) is 19.4 Å². The molecule has 0 heterocycles. The molecule has 3 nitrogen and oxygen atoms in total. The van der Waals surface area contributed by atoms with E-state index in [1.54, 1.807) is 24.3 Å². The van der Waals surface area contributed by atoms with E-state index in [9.17, 15) is 4.79 Å². The molecule has 144 valence electrons. The largest absolute Gasteiger partial charge is 0.494 e. The van der Waals surface area contributed by atoms with Gasteiger partial charge in [0.25, 0.3) is 0 Å². The Morgan fingerprint density at radius 3 is 1.86 bits per heavy atom. The number of ether oxygens (including phenoxy) is 2. The number of unbranched alkanes of at least 4 members (excludes halogenated alkanes) is 1. The van der Waals surface area contributed by atoms with E-state index in [0.29, 0.717) is 30.2 Å². The Morgan fingerprint density at radius 2 is 1.29 bits per heavy atom. The number of halogens is 1. The van der Waals surface area contributed by atoms with Crippen LogP contribution in [0.25, 0.3) is 0 Å². The normalized spacial score (nSPS) is 10.5. The van der Waals surface area contributed by atoms with Gasteiger partial charge in [0.15, 0.2) is 5.78 Å². The number of benzene rings is 3. The smallest absolute Gasteiger partial charge is 0.193 e. The number of rotatable bonds is 10. The van der Waals surface area contributed by atoms with Crippen molar-refractivity contribution in [1.29, 1.82) is 0 Å². The van der Waals surface area contributed by atoms with Crippen LogP contribution in [-0.4, -0.2) is 18.3 Å². The van der Waals surface area contributed by atoms with E-state index < -0.39 is 0 Å². The Balaban J connectivity index is 1.55. The van der Waals surface area contributed by atoms with E-state index in [0.717, 1.165) is 29.9 Å². The highest BCUT2D eigenvalue weighted by Crippen LogP contribution is 2.19. The molecule has 0 aromatic heterocycles. The van der Waals surface area contributed by atoms with Crippen molar-refractivity contribution >= 4 is 17.4 Å². The van der Waals surface area contributed by atoms with Gasteiger partial charge in [-0.25, -0.2) is 0 Å². The summed E-state index contributed by atoms with van der Waals surface area (Å²) < 4.78 is 11.4. The first-order valence-electron chi connectivity index (χ1n) is 9.36. The van der Waals surface area contributed by atoms with Crippen molar-refractivity contribution in [3.63, 3.8) is 0 Å². The second-order valence-electron chi connectivity index (χ2n) is 6.40. The highest BCUT2D eigenvalue weighted by atomic mass is 35.5. The average molecular weight is 395 g/mol. The predicted molar refractivity (Wildman–Crippen MR) is 113 cm³/mol. The van der Waals surface area contributed by atoms with Gasteiger partial charge >= 0.3 is 0 Å². The van der Waals surface area contributed by atoms with Gasteiger partial charge in [-0.15, -0.1) is 11.6 Å². The average Bonchev–Trinajstić information content (AvgIpc) is 2.76. The van der Waals surface area contributed by atoms with Gasteiger partial charge in [0.2, 0.25) is 0 Å². The maximum atomic E-state index is 12.7. The SMILES string of the molecule is O=C(c1ccc(OCCCCCl)cc1)c1ccc(OCc2ccccc2)cc1. The topological polar surface area (TPSA) is 35.5 Å². The maximum absolute atomic E-state index is 12.7. The molecule has 28 heavy (non-hydrogen) atoms. The molecule has 3 aromatic rings. The van der Waals surface area contributed by atoms with E-state index in [4.69, 9.17) is 21.1 Å². The van der Waals surface area contributed by atoms with Crippen molar-refractivity contribution in [3.8, 4) is 11.5 Å². The molecule has 0 saturated carbocycles. The molecule has 0 radical (unpaired) electrons. The van der Waals surface area contributed by atoms with Crippen molar-refractivity contribution in [2.75, 3.05) is 12.5 Å². The molecule has 0 aliphatic rings. The van der Waals surface area contributed by atoms with Gasteiger partial charge in [0.05, 0.1) is 6.61 Å². The summed E-state index contributed by atoms with van der Waals surface area (Å²) in [4.78, 5) is 12.7. The third kappa shape index (κ3) is 5.86. The van der Waals surface area contributed by atoms with Crippen LogP contribution in [0.4, 0.5) is 0 Å². The lowest BCUT2D eigenvalue weighted by Crippen LogP contribution is -2.02. The molecule has 0 saturated heterocycles. The lowest BCUT2D eigenvalue weighted by molar-refractivity contribution is 0.103. The van der Waals surface area contributed by atoms with Crippen molar-refractivity contribution < 1.29 is 14.3 Å². The molecule has 0 N–H and O–H groups in total. The lowest BCUT2D eigenvalue weighted by atomic mass is 10.0. The van der Waals surface area contributed by atoms with Crippen molar-refractivity contribution in [2.24, 2.45) is 0 Å². The molecule has 0 fully saturated rings. The van der Waals surface area contributed by atoms with Crippen molar-refractivity contribution in [3.05, 3.63) is 95.6 Å². The molecule has 4 heteroatoms. The van der Waals surface area contributed by atoms with E-state index in [1.807, 2.05) is 54.6 Å². The van der Waals surface area contributed by atoms with Crippen molar-refractivity contribution in [1.82, 2.24) is 0 Å². The first kappa shape index (κ1) is 20.0. The minimum Gasteiger partial charge on any atom is -0.494 e. The summed E-state index contributed by atoms with van der Waals surface area (Å²) in [6, 6.07) is 24.4. The second kappa shape index (κ2) is 10.5. The minimum atomic E-state index is -0.0247. The fraction of sp³-hybridized carbons (Fsp3) is 0.208. The molecule has 0 atom stereocenters. The van der Waals surface area contributed by atoms with Gasteiger partial charge in [-0.1, -0.05) is 30.3 Å². The van der Waals surface area contributed by atoms with Crippen LogP contribution < -0.4 is 9.47 Å². The zero-order valence-corrected chi connectivity index (χ0v) is 16.4. The third-order valence-electron chi connectivity index (χ3n) is 4.28. The van der Waals surface area contributed by atoms with Gasteiger partial charge in [0, 0.05) is 17.0 Å². The van der Waals surface area contributed by atoms with E-state index in [1.165, 1.54) is 0 Å². The monoisotopic (exact) mass is 394 g/mol. The van der Waals surface area contributed by atoms with E-state index >= 15 is 0 Å². The first-order valence-corrected chi connectivity index (χ1v) is 9.90. The lowest BCUT2D eigenvalue weighted by Gasteiger charge is -2.08. The first-order chi connectivity index (χ1) is 13.8. The molecule has 0 spiro atoms. The number of hydrogen-bond donors (Lipinski definition) is 0. The van der Waals surface area contributed by atoms with E-state index in [-0.39, 0.29) is 5.78 Å². The summed E-state index contributed by atoms with van der Waals surface area (Å²) in [5.74, 6) is 2.12. The molecular formula is C24H23ClO3. The molecule has 0 bridgehead atoms. The van der Waals surface area contributed by atoms with Crippen LogP contribution in [0, 0.1) is 0 Å². The van der Waals surface area contributed by atoms with Crippen LogP contribution in [0.1, 0.15) is 34.3 Å². The standard InChI is InChI=1S/C24H23ClO3/c25-16-4-5-17-27-22-12-8-20(9-13-22)24(26)21-10-14-23(15-11-21)28-18-19-6-2-1-3-7-19/h1-3,6-15H,4-5,16-18H2.